The van der Waals surface area contributed by atoms with Crippen LogP contribution in [0.2, 0.25) is 0 Å². The van der Waals surface area contributed by atoms with Gasteiger partial charge in [0.25, 0.3) is 0 Å². The molecule has 2 aliphatic carbocycles. The van der Waals surface area contributed by atoms with E-state index in [-0.39, 0.29) is 22.1 Å². The van der Waals surface area contributed by atoms with E-state index >= 15 is 0 Å². The van der Waals surface area contributed by atoms with E-state index in [0.717, 1.165) is 55.6 Å². The van der Waals surface area contributed by atoms with Gasteiger partial charge in [-0.3, -0.25) is 5.41 Å². The molecule has 8 rings (SSSR count). The topological polar surface area (TPSA) is 49.9 Å². The van der Waals surface area contributed by atoms with Crippen LogP contribution < -0.4 is 5.73 Å². The summed E-state index contributed by atoms with van der Waals surface area (Å²) in [5, 5.41) is 7.97. The fraction of sp³-hybridized carbons (Fsp3) is 0.245. The van der Waals surface area contributed by atoms with Crippen LogP contribution in [-0.4, -0.2) is 5.71 Å². The Morgan fingerprint density at radius 1 is 0.538 bits per heavy atom. The molecule has 0 amide bonds. The SMILES string of the molecule is N=C(c1ccccc1)c1ccccc1.[2H]C([2H])([2H])C(c1cc2c(cc1Br)-c1ccccc1C2(C)C)C([2H])([2H])[2H].[2H]C([2H])([2H])C(c1cc2c(cc1N)-c1ccccc1C2(C)C)C([2H])([2H])[2H]. The summed E-state index contributed by atoms with van der Waals surface area (Å²) in [7, 11) is 0. The van der Waals surface area contributed by atoms with Gasteiger partial charge in [-0.15, -0.1) is 0 Å². The lowest BCUT2D eigenvalue weighted by atomic mass is 9.81. The summed E-state index contributed by atoms with van der Waals surface area (Å²) in [5.41, 5.74) is 17.0. The maximum Gasteiger partial charge on any atom is 0.0684 e. The van der Waals surface area contributed by atoms with Gasteiger partial charge in [0.15, 0.2) is 0 Å². The minimum Gasteiger partial charge on any atom is -0.398 e. The molecule has 0 heterocycles. The van der Waals surface area contributed by atoms with Gasteiger partial charge in [-0.05, 0) is 90.7 Å². The minimum atomic E-state index is -2.66. The van der Waals surface area contributed by atoms with Crippen LogP contribution in [0, 0.1) is 5.41 Å². The van der Waals surface area contributed by atoms with Gasteiger partial charge in [0.05, 0.1) is 5.71 Å². The molecule has 0 atom stereocenters. The maximum atomic E-state index is 7.97. The van der Waals surface area contributed by atoms with E-state index in [1.54, 1.807) is 18.2 Å². The number of benzene rings is 6. The second kappa shape index (κ2) is 14.7. The number of hydrogen-bond donors (Lipinski definition) is 2. The molecule has 0 saturated heterocycles. The van der Waals surface area contributed by atoms with E-state index in [4.69, 9.17) is 27.6 Å². The first-order valence-corrected chi connectivity index (χ1v) is 18.0. The van der Waals surface area contributed by atoms with Crippen molar-refractivity contribution in [1.29, 1.82) is 5.41 Å². The molecule has 3 N–H and O–H groups in total. The van der Waals surface area contributed by atoms with Crippen LogP contribution in [0.4, 0.5) is 5.69 Å². The number of nitrogens with two attached hydrogens (primary N) is 1. The average Bonchev–Trinajstić information content (AvgIpc) is 3.55. The zero-order valence-electron chi connectivity index (χ0n) is 41.8. The lowest BCUT2D eigenvalue weighted by Crippen LogP contribution is -2.15. The van der Waals surface area contributed by atoms with Crippen LogP contribution in [0.15, 0.2) is 138 Å². The fourth-order valence-electron chi connectivity index (χ4n) is 7.37. The molecule has 0 bridgehead atoms. The van der Waals surface area contributed by atoms with E-state index < -0.39 is 39.2 Å². The van der Waals surface area contributed by atoms with Crippen molar-refractivity contribution in [3.8, 4) is 22.3 Å². The molecule has 0 aromatic heterocycles. The quantitative estimate of drug-likeness (QED) is 0.136. The third-order valence-electron chi connectivity index (χ3n) is 10.2. The Hall–Kier alpha value is -4.73. The molecule has 2 nitrogen and oxygen atoms in total. The van der Waals surface area contributed by atoms with Crippen LogP contribution in [0.5, 0.6) is 0 Å². The summed E-state index contributed by atoms with van der Waals surface area (Å²) in [6.07, 6.45) is 0. The first-order valence-electron chi connectivity index (χ1n) is 23.2. The van der Waals surface area contributed by atoms with E-state index in [1.165, 1.54) is 0 Å². The van der Waals surface area contributed by atoms with Gasteiger partial charge in [0.2, 0.25) is 0 Å². The molecule has 0 unspecified atom stereocenters. The van der Waals surface area contributed by atoms with Crippen LogP contribution in [0.25, 0.3) is 22.3 Å². The molecule has 264 valence electrons. The number of hydrogen-bond acceptors (Lipinski definition) is 2. The van der Waals surface area contributed by atoms with Crippen molar-refractivity contribution in [2.45, 2.75) is 77.8 Å². The van der Waals surface area contributed by atoms with Gasteiger partial charge in [0.1, 0.15) is 0 Å². The third-order valence-corrected chi connectivity index (χ3v) is 10.9. The van der Waals surface area contributed by atoms with Crippen LogP contribution in [0.1, 0.15) is 128 Å². The standard InChI is InChI=1S/C18H19Br.C18H21N.C13H11N/c2*1-11(2)13-9-16-14(10-17(13)19)12-7-5-6-8-15(12)18(16,3)4;14-13(11-7-3-1-4-8-11)12-9-5-2-6-10-12/h5-11H,1-4H3;5-11H,19H2,1-4H3;1-10,14H/i2*1D3,2D3;. The first kappa shape index (κ1) is 24.5. The molecule has 3 heteroatoms. The predicted molar refractivity (Wildman–Crippen MR) is 227 cm³/mol. The number of rotatable bonds is 4. The number of nitrogen functional groups attached to an aromatic ring is 1. The van der Waals surface area contributed by atoms with Crippen molar-refractivity contribution in [3.63, 3.8) is 0 Å². The van der Waals surface area contributed by atoms with Crippen LogP contribution in [0.3, 0.4) is 0 Å². The summed E-state index contributed by atoms with van der Waals surface area (Å²) < 4.78 is 93.4. The lowest BCUT2D eigenvalue weighted by molar-refractivity contribution is 0.657. The van der Waals surface area contributed by atoms with Gasteiger partial charge in [-0.1, -0.05) is 192 Å². The Morgan fingerprint density at radius 3 is 1.42 bits per heavy atom. The molecule has 6 aromatic rings. The number of halogens is 1. The van der Waals surface area contributed by atoms with Crippen molar-refractivity contribution in [2.24, 2.45) is 0 Å². The molecule has 0 fully saturated rings. The Balaban J connectivity index is 0.000000166. The second-order valence-corrected chi connectivity index (χ2v) is 15.1. The fourth-order valence-corrected chi connectivity index (χ4v) is 7.94. The van der Waals surface area contributed by atoms with Crippen molar-refractivity contribution in [1.82, 2.24) is 0 Å². The van der Waals surface area contributed by atoms with Crippen molar-refractivity contribution < 1.29 is 16.4 Å². The van der Waals surface area contributed by atoms with Gasteiger partial charge in [-0.25, -0.2) is 0 Å². The summed E-state index contributed by atoms with van der Waals surface area (Å²) in [5.74, 6) is -3.14. The molecule has 0 radical (unpaired) electrons. The maximum absolute atomic E-state index is 7.97. The van der Waals surface area contributed by atoms with Crippen molar-refractivity contribution in [3.05, 3.63) is 182 Å². The Labute approximate surface area is 336 Å². The summed E-state index contributed by atoms with van der Waals surface area (Å²) in [4.78, 5) is 0. The largest absolute Gasteiger partial charge is 0.398 e. The second-order valence-electron chi connectivity index (χ2n) is 14.3. The number of fused-ring (bicyclic) bond motifs is 6. The van der Waals surface area contributed by atoms with E-state index in [9.17, 15) is 0 Å². The smallest absolute Gasteiger partial charge is 0.0684 e. The molecule has 0 spiro atoms. The average molecular weight is 760 g/mol. The Kier molecular flexibility index (Phi) is 6.93. The zero-order chi connectivity index (χ0) is 47.4. The van der Waals surface area contributed by atoms with E-state index in [0.29, 0.717) is 15.7 Å². The van der Waals surface area contributed by atoms with Gasteiger partial charge in [-0.2, -0.15) is 0 Å². The van der Waals surface area contributed by atoms with E-state index in [2.05, 4.69) is 49.7 Å². The molecule has 0 saturated carbocycles. The van der Waals surface area contributed by atoms with Gasteiger partial charge in [0, 0.05) is 37.4 Å². The third kappa shape index (κ3) is 6.92. The summed E-state index contributed by atoms with van der Waals surface area (Å²) in [6, 6.07) is 42.6. The number of nitrogens with one attached hydrogen (secondary N) is 1. The van der Waals surface area contributed by atoms with Crippen molar-refractivity contribution >= 4 is 27.3 Å². The van der Waals surface area contributed by atoms with Gasteiger partial charge < -0.3 is 5.73 Å². The first-order chi connectivity index (χ1) is 29.6. The molecular weight excluding hydrogens is 696 g/mol. The van der Waals surface area contributed by atoms with Gasteiger partial charge >= 0.3 is 0 Å². The highest BCUT2D eigenvalue weighted by molar-refractivity contribution is 9.10. The Morgan fingerprint density at radius 2 is 0.942 bits per heavy atom. The Bertz CT molecular complexity index is 2450. The van der Waals surface area contributed by atoms with Crippen LogP contribution in [-0.2, 0) is 10.8 Å². The minimum absolute atomic E-state index is 0.180. The molecular formula is C49H51BrN2. The zero-order valence-corrected chi connectivity index (χ0v) is 31.4. The molecule has 6 aromatic carbocycles. The highest BCUT2D eigenvalue weighted by Crippen LogP contribution is 2.51. The lowest BCUT2D eigenvalue weighted by Gasteiger charge is -2.23. The molecule has 52 heavy (non-hydrogen) atoms. The van der Waals surface area contributed by atoms with Crippen molar-refractivity contribution in [2.75, 3.05) is 5.73 Å². The monoisotopic (exact) mass is 758 g/mol. The summed E-state index contributed by atoms with van der Waals surface area (Å²) in [6.45, 7) is -2.29. The number of anilines is 1. The highest BCUT2D eigenvalue weighted by atomic mass is 79.9. The van der Waals surface area contributed by atoms with Crippen LogP contribution >= 0.6 is 15.9 Å². The molecule has 2 aliphatic rings. The normalized spacial score (nSPS) is 18.3. The predicted octanol–water partition coefficient (Wildman–Crippen LogP) is 13.7. The highest BCUT2D eigenvalue weighted by Gasteiger charge is 2.37. The summed E-state index contributed by atoms with van der Waals surface area (Å²) >= 11 is 3.42. The van der Waals surface area contributed by atoms with E-state index in [1.807, 2.05) is 109 Å². The molecule has 0 aliphatic heterocycles.